The molecular formula is C14H28Cl2OSiTi-2. The van der Waals surface area contributed by atoms with Crippen LogP contribution in [0, 0.1) is 0 Å². The van der Waals surface area contributed by atoms with Gasteiger partial charge in [-0.15, -0.1) is 0 Å². The Hall–Kier alpha value is 0.951. The summed E-state index contributed by atoms with van der Waals surface area (Å²) in [5, 5.41) is 4.86. The molecular weight excluding hydrogens is 331 g/mol. The smallest absolute Gasteiger partial charge is 1.00 e. The van der Waals surface area contributed by atoms with Crippen LogP contribution in [0.1, 0.15) is 27.7 Å². The van der Waals surface area contributed by atoms with E-state index in [4.69, 9.17) is 3.32 Å². The molecule has 0 radical (unpaired) electrons. The summed E-state index contributed by atoms with van der Waals surface area (Å²) in [6, 6.07) is 0. The molecule has 0 saturated heterocycles. The second-order valence-electron chi connectivity index (χ2n) is 6.36. The van der Waals surface area contributed by atoms with Gasteiger partial charge < -0.3 is 24.8 Å². The number of hydrogen-bond donors (Lipinski definition) is 0. The van der Waals surface area contributed by atoms with Gasteiger partial charge in [0.2, 0.25) is 0 Å². The molecule has 0 aliphatic heterocycles. The fraction of sp³-hybridized carbons (Fsp3) is 0.714. The van der Waals surface area contributed by atoms with Gasteiger partial charge in [-0.2, -0.15) is 0 Å². The Morgan fingerprint density at radius 1 is 0.947 bits per heavy atom. The maximum Gasteiger partial charge on any atom is -1.00 e. The normalized spacial score (nSPS) is 16.9. The summed E-state index contributed by atoms with van der Waals surface area (Å²) in [6.45, 7) is 13.9. The van der Waals surface area contributed by atoms with Gasteiger partial charge in [0.1, 0.15) is 0 Å². The van der Waals surface area contributed by atoms with E-state index in [2.05, 4.69) is 51.2 Å². The molecule has 5 heteroatoms. The van der Waals surface area contributed by atoms with Crippen LogP contribution in [-0.2, 0) is 20.3 Å². The summed E-state index contributed by atoms with van der Waals surface area (Å²) in [4.78, 5) is 0. The van der Waals surface area contributed by atoms with Gasteiger partial charge in [0, 0.05) is 0 Å². The van der Waals surface area contributed by atoms with Crippen molar-refractivity contribution in [1.29, 1.82) is 0 Å². The number of hydrogen-bond acceptors (Lipinski definition) is 1. The minimum absolute atomic E-state index is 0. The van der Waals surface area contributed by atoms with Gasteiger partial charge in [-0.05, 0) is 0 Å². The van der Waals surface area contributed by atoms with E-state index in [0.717, 1.165) is 6.23 Å². The maximum atomic E-state index is 6.39. The number of allylic oxidation sites excluding steroid dienone is 4. The van der Waals surface area contributed by atoms with Crippen LogP contribution in [0.5, 0.6) is 0 Å². The third-order valence-corrected chi connectivity index (χ3v) is 10.4. The van der Waals surface area contributed by atoms with Crippen molar-refractivity contribution in [3.05, 3.63) is 22.3 Å². The van der Waals surface area contributed by atoms with Gasteiger partial charge >= 0.3 is 113 Å². The summed E-state index contributed by atoms with van der Waals surface area (Å²) in [5.41, 5.74) is 6.18. The zero-order valence-electron chi connectivity index (χ0n) is 13.5. The molecule has 0 aromatic heterocycles. The zero-order valence-corrected chi connectivity index (χ0v) is 17.8. The van der Waals surface area contributed by atoms with Crippen molar-refractivity contribution in [3.63, 3.8) is 0 Å². The fourth-order valence-electron chi connectivity index (χ4n) is 2.86. The molecule has 0 aromatic rings. The van der Waals surface area contributed by atoms with E-state index in [0.29, 0.717) is 4.22 Å². The molecule has 0 fully saturated rings. The van der Waals surface area contributed by atoms with Gasteiger partial charge in [0.15, 0.2) is 0 Å². The van der Waals surface area contributed by atoms with Crippen LogP contribution in [0.25, 0.3) is 0 Å². The first-order valence-corrected chi connectivity index (χ1v) is 14.5. The van der Waals surface area contributed by atoms with Crippen molar-refractivity contribution >= 4 is 8.80 Å². The molecule has 1 aliphatic rings. The molecule has 1 aliphatic carbocycles. The van der Waals surface area contributed by atoms with Crippen molar-refractivity contribution in [2.24, 2.45) is 0 Å². The SMILES string of the molecule is CC1=C(C)[CH]([Ti]([CH3])([CH3])[O]C[SiH](C)C)C(C)=C1C.[Cl-].[Cl-]. The van der Waals surface area contributed by atoms with Crippen LogP contribution in [0.15, 0.2) is 22.3 Å². The molecule has 0 amide bonds. The second kappa shape index (κ2) is 8.41. The fourth-order valence-corrected chi connectivity index (χ4v) is 11.4. The molecule has 0 bridgehead atoms. The first-order chi connectivity index (χ1) is 7.68. The maximum absolute atomic E-state index is 6.39. The molecule has 1 nitrogen and oxygen atoms in total. The average molecular weight is 359 g/mol. The molecule has 0 atom stereocenters. The van der Waals surface area contributed by atoms with E-state index in [1.807, 2.05) is 0 Å². The molecule has 0 unspecified atom stereocenters. The minimum Gasteiger partial charge on any atom is -1.00 e. The number of rotatable bonds is 4. The molecule has 0 aromatic carbocycles. The monoisotopic (exact) mass is 358 g/mol. The summed E-state index contributed by atoms with van der Waals surface area (Å²) in [7, 11) is -0.593. The van der Waals surface area contributed by atoms with Crippen molar-refractivity contribution in [2.45, 2.75) is 55.5 Å². The Morgan fingerprint density at radius 3 is 1.63 bits per heavy atom. The van der Waals surface area contributed by atoms with Crippen molar-refractivity contribution < 1.29 is 45.1 Å². The average Bonchev–Trinajstić information content (AvgIpc) is 2.41. The first kappa shape index (κ1) is 22.2. The second-order valence-corrected chi connectivity index (χ2v) is 15.8. The zero-order chi connectivity index (χ0) is 13.4. The van der Waals surface area contributed by atoms with Gasteiger partial charge in [0.25, 0.3) is 0 Å². The van der Waals surface area contributed by atoms with Crippen LogP contribution in [0.2, 0.25) is 27.8 Å². The van der Waals surface area contributed by atoms with Crippen LogP contribution in [0.4, 0.5) is 0 Å². The van der Waals surface area contributed by atoms with E-state index in [1.54, 1.807) is 11.1 Å². The van der Waals surface area contributed by atoms with Gasteiger partial charge in [-0.25, -0.2) is 0 Å². The Labute approximate surface area is 137 Å². The predicted octanol–water partition coefficient (Wildman–Crippen LogP) is -1.32. The standard InChI is InChI=1S/C9H13.C3H9OSi.2CH3.2ClH.Ti/c1-6-5-7(2)9(4)8(6)3;1-5(2)3-4;;;;;/h5H,1-4H3;5H,3H2,1-2H3;2*1H3;2*1H;/q;-1;;;;;+1/p-2. The Kier molecular flexibility index (Phi) is 9.84. The molecule has 0 N–H and O–H groups in total. The van der Waals surface area contributed by atoms with Crippen molar-refractivity contribution in [2.75, 3.05) is 6.23 Å². The van der Waals surface area contributed by atoms with E-state index in [9.17, 15) is 0 Å². The molecule has 0 saturated carbocycles. The van der Waals surface area contributed by atoms with E-state index in [-0.39, 0.29) is 24.8 Å². The molecule has 114 valence electrons. The molecule has 19 heavy (non-hydrogen) atoms. The van der Waals surface area contributed by atoms with E-state index < -0.39 is 25.8 Å². The third kappa shape index (κ3) is 5.02. The Morgan fingerprint density at radius 2 is 1.32 bits per heavy atom. The van der Waals surface area contributed by atoms with Crippen LogP contribution >= 0.6 is 0 Å². The van der Waals surface area contributed by atoms with Gasteiger partial charge in [-0.1, -0.05) is 0 Å². The Balaban J connectivity index is 0. The molecule has 0 heterocycles. The Bertz CT molecular complexity index is 352. The topological polar surface area (TPSA) is 9.23 Å². The predicted molar refractivity (Wildman–Crippen MR) is 77.1 cm³/mol. The summed E-state index contributed by atoms with van der Waals surface area (Å²) in [6.07, 6.45) is 1.06. The van der Waals surface area contributed by atoms with E-state index >= 15 is 0 Å². The summed E-state index contributed by atoms with van der Waals surface area (Å²) >= 11 is -2.17. The largest absolute Gasteiger partial charge is 1.00 e. The summed E-state index contributed by atoms with van der Waals surface area (Å²) in [5.74, 6) is 0. The van der Waals surface area contributed by atoms with Crippen molar-refractivity contribution in [3.8, 4) is 0 Å². The first-order valence-electron chi connectivity index (χ1n) is 6.67. The van der Waals surface area contributed by atoms with Crippen molar-refractivity contribution in [1.82, 2.24) is 0 Å². The molecule has 0 spiro atoms. The van der Waals surface area contributed by atoms with Gasteiger partial charge in [-0.3, -0.25) is 0 Å². The van der Waals surface area contributed by atoms with Gasteiger partial charge in [0.05, 0.1) is 0 Å². The third-order valence-electron chi connectivity index (χ3n) is 4.10. The van der Waals surface area contributed by atoms with E-state index in [1.165, 1.54) is 11.1 Å². The van der Waals surface area contributed by atoms with Crippen LogP contribution in [0.3, 0.4) is 0 Å². The van der Waals surface area contributed by atoms with Crippen LogP contribution < -0.4 is 24.8 Å². The number of halogens is 2. The molecule has 1 rings (SSSR count). The summed E-state index contributed by atoms with van der Waals surface area (Å²) < 4.78 is 7.05. The quantitative estimate of drug-likeness (QED) is 0.566. The van der Waals surface area contributed by atoms with Crippen LogP contribution in [-0.4, -0.2) is 15.0 Å². The minimum atomic E-state index is -2.17.